The highest BCUT2D eigenvalue weighted by Crippen LogP contribution is 2.24. The van der Waals surface area contributed by atoms with Gasteiger partial charge in [-0.15, -0.1) is 11.6 Å². The van der Waals surface area contributed by atoms with Crippen molar-refractivity contribution in [3.05, 3.63) is 33.8 Å². The molecule has 0 aliphatic carbocycles. The van der Waals surface area contributed by atoms with Crippen LogP contribution in [0.15, 0.2) is 22.7 Å². The topological polar surface area (TPSA) is 38.3 Å². The Bertz CT molecular complexity index is 473. The number of carbonyl (C=O) groups excluding carboxylic acids is 1. The summed E-state index contributed by atoms with van der Waals surface area (Å²) >= 11 is 9.49. The van der Waals surface area contributed by atoms with Gasteiger partial charge in [-0.25, -0.2) is 0 Å². The smallest absolute Gasteiger partial charge is 0.251 e. The highest BCUT2D eigenvalue weighted by molar-refractivity contribution is 9.10. The van der Waals surface area contributed by atoms with E-state index in [1.807, 2.05) is 25.1 Å². The van der Waals surface area contributed by atoms with E-state index in [1.165, 1.54) is 0 Å². The standard InChI is InChI=1S/C14H17BrClNO2/c1-10-2-3-11(8-12(10)15)13(18)17-14(9-16)4-6-19-7-5-14/h2-3,8H,4-7,9H2,1H3,(H,17,18). The number of carbonyl (C=O) groups is 1. The zero-order valence-corrected chi connectivity index (χ0v) is 13.2. The molecule has 0 radical (unpaired) electrons. The fourth-order valence-corrected chi connectivity index (χ4v) is 2.81. The summed E-state index contributed by atoms with van der Waals surface area (Å²) in [5.41, 5.74) is 1.41. The minimum absolute atomic E-state index is 0.0803. The first kappa shape index (κ1) is 14.8. The Morgan fingerprint density at radius 2 is 2.16 bits per heavy atom. The van der Waals surface area contributed by atoms with Gasteiger partial charge in [0.1, 0.15) is 0 Å². The van der Waals surface area contributed by atoms with Crippen LogP contribution in [0.3, 0.4) is 0 Å². The number of amides is 1. The van der Waals surface area contributed by atoms with E-state index in [9.17, 15) is 4.79 Å². The van der Waals surface area contributed by atoms with Crippen LogP contribution in [0.5, 0.6) is 0 Å². The number of ether oxygens (including phenoxy) is 1. The zero-order valence-electron chi connectivity index (χ0n) is 10.8. The molecule has 0 aromatic heterocycles. The highest BCUT2D eigenvalue weighted by Gasteiger charge is 2.33. The molecule has 1 aromatic carbocycles. The Hall–Kier alpha value is -0.580. The summed E-state index contributed by atoms with van der Waals surface area (Å²) in [4.78, 5) is 12.3. The maximum Gasteiger partial charge on any atom is 0.251 e. The van der Waals surface area contributed by atoms with Crippen molar-refractivity contribution >= 4 is 33.4 Å². The summed E-state index contributed by atoms with van der Waals surface area (Å²) in [6, 6.07) is 5.60. The number of hydrogen-bond acceptors (Lipinski definition) is 2. The van der Waals surface area contributed by atoms with Gasteiger partial charge in [0.25, 0.3) is 5.91 Å². The summed E-state index contributed by atoms with van der Waals surface area (Å²) in [5, 5.41) is 3.07. The molecule has 0 bridgehead atoms. The van der Waals surface area contributed by atoms with Crippen LogP contribution in [0, 0.1) is 6.92 Å². The van der Waals surface area contributed by atoms with Crippen LogP contribution in [0.2, 0.25) is 0 Å². The molecule has 1 saturated heterocycles. The fourth-order valence-electron chi connectivity index (χ4n) is 2.10. The molecule has 1 fully saturated rings. The van der Waals surface area contributed by atoms with Crippen LogP contribution in [0.4, 0.5) is 0 Å². The van der Waals surface area contributed by atoms with Gasteiger partial charge in [-0.2, -0.15) is 0 Å². The molecule has 0 spiro atoms. The molecule has 5 heteroatoms. The van der Waals surface area contributed by atoms with Gasteiger partial charge >= 0.3 is 0 Å². The van der Waals surface area contributed by atoms with Gasteiger partial charge in [-0.3, -0.25) is 4.79 Å². The van der Waals surface area contributed by atoms with Gasteiger partial charge in [-0.05, 0) is 37.5 Å². The van der Waals surface area contributed by atoms with E-state index in [0.29, 0.717) is 24.7 Å². The third kappa shape index (κ3) is 3.50. The number of rotatable bonds is 3. The van der Waals surface area contributed by atoms with Crippen molar-refractivity contribution in [3.8, 4) is 0 Å². The molecule has 1 N–H and O–H groups in total. The van der Waals surface area contributed by atoms with Gasteiger partial charge in [0.2, 0.25) is 0 Å². The van der Waals surface area contributed by atoms with E-state index < -0.39 is 0 Å². The lowest BCUT2D eigenvalue weighted by molar-refractivity contribution is 0.0434. The van der Waals surface area contributed by atoms with Crippen molar-refractivity contribution in [2.45, 2.75) is 25.3 Å². The van der Waals surface area contributed by atoms with Crippen LogP contribution in [0.25, 0.3) is 0 Å². The van der Waals surface area contributed by atoms with Gasteiger partial charge < -0.3 is 10.1 Å². The van der Waals surface area contributed by atoms with E-state index >= 15 is 0 Å². The highest BCUT2D eigenvalue weighted by atomic mass is 79.9. The molecule has 104 valence electrons. The molecular formula is C14H17BrClNO2. The van der Waals surface area contributed by atoms with Gasteiger partial charge in [0.15, 0.2) is 0 Å². The molecular weight excluding hydrogens is 330 g/mol. The molecule has 0 unspecified atom stereocenters. The van der Waals surface area contributed by atoms with Crippen LogP contribution in [-0.4, -0.2) is 30.5 Å². The monoisotopic (exact) mass is 345 g/mol. The van der Waals surface area contributed by atoms with E-state index in [2.05, 4.69) is 21.2 Å². The second-order valence-corrected chi connectivity index (χ2v) is 6.07. The number of halogens is 2. The number of aryl methyl sites for hydroxylation is 1. The third-order valence-corrected chi connectivity index (χ3v) is 4.88. The number of nitrogens with one attached hydrogen (secondary N) is 1. The van der Waals surface area contributed by atoms with Crippen molar-refractivity contribution in [1.82, 2.24) is 5.32 Å². The van der Waals surface area contributed by atoms with E-state index in [1.54, 1.807) is 0 Å². The minimum atomic E-state index is -0.339. The first-order valence-electron chi connectivity index (χ1n) is 6.29. The van der Waals surface area contributed by atoms with E-state index in [0.717, 1.165) is 22.9 Å². The van der Waals surface area contributed by atoms with Crippen molar-refractivity contribution in [2.24, 2.45) is 0 Å². The Labute approximate surface area is 126 Å². The molecule has 19 heavy (non-hydrogen) atoms. The average molecular weight is 347 g/mol. The summed E-state index contributed by atoms with van der Waals surface area (Å²) in [7, 11) is 0. The normalized spacial score (nSPS) is 18.1. The van der Waals surface area contributed by atoms with Crippen LogP contribution in [0.1, 0.15) is 28.8 Å². The second kappa shape index (κ2) is 6.25. The molecule has 1 aliphatic rings. The summed E-state index contributed by atoms with van der Waals surface area (Å²) in [6.07, 6.45) is 1.52. The van der Waals surface area contributed by atoms with Gasteiger partial charge in [0.05, 0.1) is 5.54 Å². The van der Waals surface area contributed by atoms with Crippen molar-refractivity contribution in [3.63, 3.8) is 0 Å². The van der Waals surface area contributed by atoms with Gasteiger partial charge in [0, 0.05) is 29.1 Å². The molecule has 0 atom stereocenters. The Morgan fingerprint density at radius 1 is 1.47 bits per heavy atom. The van der Waals surface area contributed by atoms with Crippen molar-refractivity contribution in [1.29, 1.82) is 0 Å². The average Bonchev–Trinajstić information content (AvgIpc) is 2.43. The molecule has 2 rings (SSSR count). The minimum Gasteiger partial charge on any atom is -0.381 e. The van der Waals surface area contributed by atoms with Crippen LogP contribution >= 0.6 is 27.5 Å². The van der Waals surface area contributed by atoms with Crippen LogP contribution < -0.4 is 5.32 Å². The van der Waals surface area contributed by atoms with Crippen molar-refractivity contribution < 1.29 is 9.53 Å². The maximum atomic E-state index is 12.3. The second-order valence-electron chi connectivity index (χ2n) is 4.94. The Kier molecular flexibility index (Phi) is 4.87. The predicted molar refractivity (Wildman–Crippen MR) is 79.8 cm³/mol. The lowest BCUT2D eigenvalue weighted by Crippen LogP contribution is -2.53. The fraction of sp³-hybridized carbons (Fsp3) is 0.500. The molecule has 1 amide bonds. The van der Waals surface area contributed by atoms with Gasteiger partial charge in [-0.1, -0.05) is 22.0 Å². The number of benzene rings is 1. The quantitative estimate of drug-likeness (QED) is 0.853. The molecule has 1 aliphatic heterocycles. The molecule has 0 saturated carbocycles. The summed E-state index contributed by atoms with van der Waals surface area (Å²) < 4.78 is 6.27. The predicted octanol–water partition coefficient (Wildman–Crippen LogP) is 3.28. The Morgan fingerprint density at radius 3 is 2.74 bits per heavy atom. The SMILES string of the molecule is Cc1ccc(C(=O)NC2(CCl)CCOCC2)cc1Br. The maximum absolute atomic E-state index is 12.3. The van der Waals surface area contributed by atoms with Crippen molar-refractivity contribution in [2.75, 3.05) is 19.1 Å². The molecule has 3 nitrogen and oxygen atoms in total. The van der Waals surface area contributed by atoms with E-state index in [4.69, 9.17) is 16.3 Å². The number of alkyl halides is 1. The first-order chi connectivity index (χ1) is 9.06. The lowest BCUT2D eigenvalue weighted by atomic mass is 9.91. The molecule has 1 aromatic rings. The van der Waals surface area contributed by atoms with Crippen LogP contribution in [-0.2, 0) is 4.74 Å². The third-order valence-electron chi connectivity index (χ3n) is 3.52. The first-order valence-corrected chi connectivity index (χ1v) is 7.61. The lowest BCUT2D eigenvalue weighted by Gasteiger charge is -2.36. The zero-order chi connectivity index (χ0) is 13.9. The molecule has 1 heterocycles. The van der Waals surface area contributed by atoms with E-state index in [-0.39, 0.29) is 11.4 Å². The Balaban J connectivity index is 2.12. The largest absolute Gasteiger partial charge is 0.381 e. The number of hydrogen-bond donors (Lipinski definition) is 1. The summed E-state index contributed by atoms with van der Waals surface area (Å²) in [5.74, 6) is 0.332. The summed E-state index contributed by atoms with van der Waals surface area (Å²) in [6.45, 7) is 3.28.